The predicted molar refractivity (Wildman–Crippen MR) is 62.4 cm³/mol. The Morgan fingerprint density at radius 2 is 2.24 bits per heavy atom. The predicted octanol–water partition coefficient (Wildman–Crippen LogP) is 0.0516. The van der Waals surface area contributed by atoms with Gasteiger partial charge in [0.15, 0.2) is 0 Å². The molecule has 17 heavy (non-hydrogen) atoms. The third-order valence-corrected chi connectivity index (χ3v) is 3.14. The standard InChI is InChI=1S/C11H16N4O2/c1-4-11(2)10(17)15(7-9(16)13-11)8-5-12-14(3)6-8/h5-6H,4,7H2,1-3H3,(H,13,16). The highest BCUT2D eigenvalue weighted by Gasteiger charge is 2.42. The maximum Gasteiger partial charge on any atom is 0.253 e. The molecule has 0 radical (unpaired) electrons. The summed E-state index contributed by atoms with van der Waals surface area (Å²) in [6.07, 6.45) is 3.88. The van der Waals surface area contributed by atoms with Crippen molar-refractivity contribution in [2.45, 2.75) is 25.8 Å². The number of hydrogen-bond acceptors (Lipinski definition) is 3. The second kappa shape index (κ2) is 3.87. The molecule has 6 nitrogen and oxygen atoms in total. The van der Waals surface area contributed by atoms with E-state index in [0.717, 1.165) is 0 Å². The molecular formula is C11H16N4O2. The average Bonchev–Trinajstić information content (AvgIpc) is 2.70. The Morgan fingerprint density at radius 3 is 2.76 bits per heavy atom. The Kier molecular flexibility index (Phi) is 2.65. The topological polar surface area (TPSA) is 67.2 Å². The van der Waals surface area contributed by atoms with Crippen molar-refractivity contribution in [2.24, 2.45) is 7.05 Å². The van der Waals surface area contributed by atoms with Crippen molar-refractivity contribution in [3.8, 4) is 0 Å². The molecule has 1 aliphatic heterocycles. The Labute approximate surface area is 99.6 Å². The highest BCUT2D eigenvalue weighted by molar-refractivity contribution is 6.08. The molecule has 2 amide bonds. The first-order valence-electron chi connectivity index (χ1n) is 5.58. The molecule has 1 saturated heterocycles. The van der Waals surface area contributed by atoms with Gasteiger partial charge in [-0.05, 0) is 13.3 Å². The van der Waals surface area contributed by atoms with Gasteiger partial charge in [0.2, 0.25) is 5.91 Å². The zero-order valence-electron chi connectivity index (χ0n) is 10.2. The lowest BCUT2D eigenvalue weighted by atomic mass is 9.94. The van der Waals surface area contributed by atoms with Crippen LogP contribution in [0.2, 0.25) is 0 Å². The van der Waals surface area contributed by atoms with E-state index in [2.05, 4.69) is 10.4 Å². The van der Waals surface area contributed by atoms with Crippen molar-refractivity contribution in [1.29, 1.82) is 0 Å². The van der Waals surface area contributed by atoms with Crippen molar-refractivity contribution in [3.63, 3.8) is 0 Å². The number of carbonyl (C=O) groups excluding carboxylic acids is 2. The number of anilines is 1. The van der Waals surface area contributed by atoms with E-state index in [-0.39, 0.29) is 18.4 Å². The van der Waals surface area contributed by atoms with Crippen LogP contribution in [0.3, 0.4) is 0 Å². The van der Waals surface area contributed by atoms with Gasteiger partial charge in [0.05, 0.1) is 11.9 Å². The van der Waals surface area contributed by atoms with Crippen LogP contribution in [0, 0.1) is 0 Å². The second-order valence-corrected chi connectivity index (χ2v) is 4.50. The Balaban J connectivity index is 2.34. The molecule has 1 N–H and O–H groups in total. The third-order valence-electron chi connectivity index (χ3n) is 3.14. The van der Waals surface area contributed by atoms with Gasteiger partial charge in [-0.2, -0.15) is 5.10 Å². The molecule has 1 aromatic rings. The smallest absolute Gasteiger partial charge is 0.253 e. The van der Waals surface area contributed by atoms with Gasteiger partial charge in [-0.3, -0.25) is 19.2 Å². The van der Waals surface area contributed by atoms with E-state index < -0.39 is 5.54 Å². The largest absolute Gasteiger partial charge is 0.340 e. The molecule has 2 heterocycles. The van der Waals surface area contributed by atoms with E-state index in [4.69, 9.17) is 0 Å². The number of nitrogens with zero attached hydrogens (tertiary/aromatic N) is 3. The van der Waals surface area contributed by atoms with E-state index in [1.165, 1.54) is 4.90 Å². The SMILES string of the molecule is CCC1(C)NC(=O)CN(c2cnn(C)c2)C1=O. The summed E-state index contributed by atoms with van der Waals surface area (Å²) in [5.74, 6) is -0.231. The van der Waals surface area contributed by atoms with E-state index in [9.17, 15) is 9.59 Å². The zero-order valence-corrected chi connectivity index (χ0v) is 10.2. The van der Waals surface area contributed by atoms with Gasteiger partial charge in [-0.1, -0.05) is 6.92 Å². The van der Waals surface area contributed by atoms with Gasteiger partial charge >= 0.3 is 0 Å². The zero-order chi connectivity index (χ0) is 12.6. The van der Waals surface area contributed by atoms with Crippen molar-refractivity contribution >= 4 is 17.5 Å². The normalized spacial score (nSPS) is 25.0. The number of piperazine rings is 1. The molecule has 1 unspecified atom stereocenters. The number of rotatable bonds is 2. The minimum absolute atomic E-state index is 0.0557. The fourth-order valence-corrected chi connectivity index (χ4v) is 1.91. The van der Waals surface area contributed by atoms with Gasteiger partial charge < -0.3 is 5.32 Å². The number of nitrogens with one attached hydrogen (secondary N) is 1. The lowest BCUT2D eigenvalue weighted by Gasteiger charge is -2.38. The Hall–Kier alpha value is -1.85. The Bertz CT molecular complexity index is 468. The summed E-state index contributed by atoms with van der Waals surface area (Å²) in [6.45, 7) is 3.68. The highest BCUT2D eigenvalue weighted by atomic mass is 16.2. The molecule has 0 bridgehead atoms. The van der Waals surface area contributed by atoms with Gasteiger partial charge in [0, 0.05) is 13.2 Å². The number of amides is 2. The van der Waals surface area contributed by atoms with E-state index in [1.54, 1.807) is 31.0 Å². The molecule has 6 heteroatoms. The van der Waals surface area contributed by atoms with Crippen molar-refractivity contribution < 1.29 is 9.59 Å². The summed E-state index contributed by atoms with van der Waals surface area (Å²) < 4.78 is 1.61. The molecular weight excluding hydrogens is 220 g/mol. The molecule has 1 aliphatic rings. The number of hydrogen-bond donors (Lipinski definition) is 1. The summed E-state index contributed by atoms with van der Waals surface area (Å²) in [5.41, 5.74) is -0.155. The maximum atomic E-state index is 12.3. The van der Waals surface area contributed by atoms with Gasteiger partial charge in [0.25, 0.3) is 5.91 Å². The molecule has 1 fully saturated rings. The number of aromatic nitrogens is 2. The molecule has 0 aliphatic carbocycles. The molecule has 92 valence electrons. The van der Waals surface area contributed by atoms with Crippen LogP contribution in [-0.2, 0) is 16.6 Å². The number of aryl methyl sites for hydroxylation is 1. The molecule has 1 aromatic heterocycles. The van der Waals surface area contributed by atoms with Crippen LogP contribution in [0.4, 0.5) is 5.69 Å². The van der Waals surface area contributed by atoms with Crippen molar-refractivity contribution in [3.05, 3.63) is 12.4 Å². The fourth-order valence-electron chi connectivity index (χ4n) is 1.91. The molecule has 0 saturated carbocycles. The molecule has 2 rings (SSSR count). The maximum absolute atomic E-state index is 12.3. The van der Waals surface area contributed by atoms with Crippen LogP contribution in [0.25, 0.3) is 0 Å². The minimum atomic E-state index is -0.814. The van der Waals surface area contributed by atoms with Crippen molar-refractivity contribution in [2.75, 3.05) is 11.4 Å². The summed E-state index contributed by atoms with van der Waals surface area (Å²) >= 11 is 0. The van der Waals surface area contributed by atoms with E-state index in [0.29, 0.717) is 12.1 Å². The van der Waals surface area contributed by atoms with Crippen LogP contribution < -0.4 is 10.2 Å². The average molecular weight is 236 g/mol. The highest BCUT2D eigenvalue weighted by Crippen LogP contribution is 2.23. The molecule has 1 atom stereocenters. The van der Waals surface area contributed by atoms with Crippen LogP contribution in [-0.4, -0.2) is 33.7 Å². The summed E-state index contributed by atoms with van der Waals surface area (Å²) in [4.78, 5) is 25.4. The Morgan fingerprint density at radius 1 is 1.53 bits per heavy atom. The summed E-state index contributed by atoms with van der Waals surface area (Å²) in [7, 11) is 1.77. The van der Waals surface area contributed by atoms with Crippen LogP contribution >= 0.6 is 0 Å². The second-order valence-electron chi connectivity index (χ2n) is 4.50. The van der Waals surface area contributed by atoms with Crippen LogP contribution in [0.5, 0.6) is 0 Å². The van der Waals surface area contributed by atoms with Gasteiger partial charge in [-0.25, -0.2) is 0 Å². The van der Waals surface area contributed by atoms with E-state index >= 15 is 0 Å². The molecule has 0 aromatic carbocycles. The van der Waals surface area contributed by atoms with Gasteiger partial charge in [0.1, 0.15) is 12.1 Å². The summed E-state index contributed by atoms with van der Waals surface area (Å²) in [6, 6.07) is 0. The monoisotopic (exact) mass is 236 g/mol. The van der Waals surface area contributed by atoms with Gasteiger partial charge in [-0.15, -0.1) is 0 Å². The minimum Gasteiger partial charge on any atom is -0.340 e. The first kappa shape index (κ1) is 11.6. The van der Waals surface area contributed by atoms with Crippen molar-refractivity contribution in [1.82, 2.24) is 15.1 Å². The first-order chi connectivity index (χ1) is 7.96. The van der Waals surface area contributed by atoms with E-state index in [1.807, 2.05) is 6.92 Å². The first-order valence-corrected chi connectivity index (χ1v) is 5.58. The quantitative estimate of drug-likeness (QED) is 0.789. The lowest BCUT2D eigenvalue weighted by molar-refractivity contribution is -0.135. The number of carbonyl (C=O) groups is 2. The van der Waals surface area contributed by atoms with Crippen LogP contribution in [0.15, 0.2) is 12.4 Å². The third kappa shape index (κ3) is 1.90. The van der Waals surface area contributed by atoms with Crippen LogP contribution in [0.1, 0.15) is 20.3 Å². The fraction of sp³-hybridized carbons (Fsp3) is 0.545. The lowest BCUT2D eigenvalue weighted by Crippen LogP contribution is -2.65. The summed E-state index contributed by atoms with van der Waals surface area (Å²) in [5, 5.41) is 6.76. The molecule has 0 spiro atoms.